The molecule has 0 saturated carbocycles. The minimum Gasteiger partial charge on any atom is -0.359 e. The number of amides is 2. The fourth-order valence-corrected chi connectivity index (χ4v) is 3.37. The van der Waals surface area contributed by atoms with E-state index in [4.69, 9.17) is 0 Å². The number of likely N-dealkylation sites (tertiary alicyclic amines) is 1. The number of carbonyl (C=O) groups is 2. The van der Waals surface area contributed by atoms with Crippen LogP contribution in [-0.4, -0.2) is 41.8 Å². The number of benzene rings is 1. The number of aryl methyl sites for hydroxylation is 2. The smallest absolute Gasteiger partial charge is 0.254 e. The lowest BCUT2D eigenvalue weighted by atomic mass is 9.95. The molecule has 2 aromatic rings. The van der Waals surface area contributed by atoms with Crippen LogP contribution in [0.2, 0.25) is 0 Å². The predicted octanol–water partition coefficient (Wildman–Crippen LogP) is 2.45. The fraction of sp³-hybridized carbons (Fsp3) is 0.421. The first-order valence-electron chi connectivity index (χ1n) is 8.38. The van der Waals surface area contributed by atoms with E-state index in [0.717, 1.165) is 22.2 Å². The zero-order chi connectivity index (χ0) is 17.3. The summed E-state index contributed by atoms with van der Waals surface area (Å²) in [4.78, 5) is 31.2. The molecule has 0 bridgehead atoms. The van der Waals surface area contributed by atoms with Crippen LogP contribution in [0.5, 0.6) is 0 Å². The van der Waals surface area contributed by atoms with E-state index in [1.807, 2.05) is 43.0 Å². The Hall–Kier alpha value is -2.43. The number of hydrogen-bond donors (Lipinski definition) is 1. The summed E-state index contributed by atoms with van der Waals surface area (Å²) in [5, 5.41) is 3.60. The van der Waals surface area contributed by atoms with Crippen molar-refractivity contribution in [1.29, 1.82) is 0 Å². The molecule has 0 atom stereocenters. The van der Waals surface area contributed by atoms with Crippen LogP contribution in [-0.2, 0) is 4.79 Å². The van der Waals surface area contributed by atoms with Crippen LogP contribution >= 0.6 is 0 Å². The molecule has 0 radical (unpaired) electrons. The second kappa shape index (κ2) is 6.59. The number of fused-ring (bicyclic) bond motifs is 1. The molecule has 1 aromatic carbocycles. The van der Waals surface area contributed by atoms with Gasteiger partial charge < -0.3 is 10.2 Å². The van der Waals surface area contributed by atoms with Gasteiger partial charge in [-0.3, -0.25) is 14.6 Å². The monoisotopic (exact) mass is 325 g/mol. The Bertz CT molecular complexity index is 793. The predicted molar refractivity (Wildman–Crippen MR) is 93.9 cm³/mol. The zero-order valence-corrected chi connectivity index (χ0v) is 14.4. The summed E-state index contributed by atoms with van der Waals surface area (Å²) in [5.41, 5.74) is 3.51. The molecule has 1 fully saturated rings. The van der Waals surface area contributed by atoms with Gasteiger partial charge >= 0.3 is 0 Å². The van der Waals surface area contributed by atoms with Crippen LogP contribution in [0.1, 0.15) is 34.5 Å². The number of aromatic nitrogens is 1. The van der Waals surface area contributed by atoms with E-state index in [-0.39, 0.29) is 17.7 Å². The van der Waals surface area contributed by atoms with Crippen molar-refractivity contribution in [1.82, 2.24) is 15.2 Å². The van der Waals surface area contributed by atoms with Gasteiger partial charge in [0.25, 0.3) is 5.91 Å². The first-order chi connectivity index (χ1) is 11.5. The lowest BCUT2D eigenvalue weighted by molar-refractivity contribution is -0.125. The number of hydrogen-bond acceptors (Lipinski definition) is 3. The third-order valence-corrected chi connectivity index (χ3v) is 4.72. The van der Waals surface area contributed by atoms with Crippen molar-refractivity contribution < 1.29 is 9.59 Å². The lowest BCUT2D eigenvalue weighted by Crippen LogP contribution is -2.42. The largest absolute Gasteiger partial charge is 0.359 e. The first kappa shape index (κ1) is 16.4. The SMILES string of the molecule is CNC(=O)C1CCN(C(=O)c2cc(C)nc3ccc(C)cc23)CC1. The molecule has 0 aliphatic carbocycles. The van der Waals surface area contributed by atoms with Crippen molar-refractivity contribution in [3.8, 4) is 0 Å². The Labute approximate surface area is 142 Å². The number of pyridine rings is 1. The third kappa shape index (κ3) is 3.11. The summed E-state index contributed by atoms with van der Waals surface area (Å²) < 4.78 is 0. The van der Waals surface area contributed by atoms with Crippen molar-refractivity contribution in [2.75, 3.05) is 20.1 Å². The molecule has 24 heavy (non-hydrogen) atoms. The van der Waals surface area contributed by atoms with Crippen molar-refractivity contribution in [3.05, 3.63) is 41.1 Å². The van der Waals surface area contributed by atoms with Crippen LogP contribution in [0, 0.1) is 19.8 Å². The van der Waals surface area contributed by atoms with E-state index in [1.54, 1.807) is 7.05 Å². The van der Waals surface area contributed by atoms with Gasteiger partial charge in [0.1, 0.15) is 0 Å². The molecule has 1 aromatic heterocycles. The summed E-state index contributed by atoms with van der Waals surface area (Å²) in [7, 11) is 1.66. The summed E-state index contributed by atoms with van der Waals surface area (Å²) in [6.07, 6.45) is 1.43. The van der Waals surface area contributed by atoms with E-state index in [0.29, 0.717) is 31.5 Å². The highest BCUT2D eigenvalue weighted by Crippen LogP contribution is 2.24. The third-order valence-electron chi connectivity index (χ3n) is 4.72. The molecule has 1 aliphatic heterocycles. The van der Waals surface area contributed by atoms with Crippen molar-refractivity contribution in [2.24, 2.45) is 5.92 Å². The molecule has 2 amide bonds. The average molecular weight is 325 g/mol. The van der Waals surface area contributed by atoms with Crippen molar-refractivity contribution >= 4 is 22.7 Å². The fourth-order valence-electron chi connectivity index (χ4n) is 3.37. The Morgan fingerprint density at radius 2 is 1.88 bits per heavy atom. The summed E-state index contributed by atoms with van der Waals surface area (Å²) in [6.45, 7) is 5.16. The molecule has 5 heteroatoms. The lowest BCUT2D eigenvalue weighted by Gasteiger charge is -2.31. The van der Waals surface area contributed by atoms with Crippen LogP contribution in [0.3, 0.4) is 0 Å². The molecule has 1 aliphatic rings. The van der Waals surface area contributed by atoms with Gasteiger partial charge in [-0.1, -0.05) is 11.6 Å². The highest BCUT2D eigenvalue weighted by Gasteiger charge is 2.28. The Morgan fingerprint density at radius 1 is 1.17 bits per heavy atom. The summed E-state index contributed by atoms with van der Waals surface area (Å²) >= 11 is 0. The second-order valence-electron chi connectivity index (χ2n) is 6.51. The van der Waals surface area contributed by atoms with Crippen LogP contribution in [0.15, 0.2) is 24.3 Å². The maximum absolute atomic E-state index is 13.0. The first-order valence-corrected chi connectivity index (χ1v) is 8.38. The van der Waals surface area contributed by atoms with E-state index in [2.05, 4.69) is 10.3 Å². The molecular formula is C19H23N3O2. The molecule has 0 spiro atoms. The van der Waals surface area contributed by atoms with Crippen molar-refractivity contribution in [3.63, 3.8) is 0 Å². The van der Waals surface area contributed by atoms with Gasteiger partial charge in [-0.05, 0) is 44.9 Å². The molecule has 126 valence electrons. The Balaban J connectivity index is 1.87. The number of nitrogens with zero attached hydrogens (tertiary/aromatic N) is 2. The van der Waals surface area contributed by atoms with E-state index >= 15 is 0 Å². The molecule has 0 unspecified atom stereocenters. The Morgan fingerprint density at radius 3 is 2.54 bits per heavy atom. The average Bonchev–Trinajstić information content (AvgIpc) is 2.60. The van der Waals surface area contributed by atoms with Gasteiger partial charge in [0.05, 0.1) is 11.1 Å². The standard InChI is InChI=1S/C19H23N3O2/c1-12-4-5-17-15(10-12)16(11-13(2)21-17)19(24)22-8-6-14(7-9-22)18(23)20-3/h4-5,10-11,14H,6-9H2,1-3H3,(H,20,23). The van der Waals surface area contributed by atoms with Crippen LogP contribution in [0.4, 0.5) is 0 Å². The maximum atomic E-state index is 13.0. The Kier molecular flexibility index (Phi) is 4.51. The number of rotatable bonds is 2. The highest BCUT2D eigenvalue weighted by molar-refractivity contribution is 6.06. The van der Waals surface area contributed by atoms with Gasteiger partial charge in [-0.15, -0.1) is 0 Å². The maximum Gasteiger partial charge on any atom is 0.254 e. The molecule has 1 saturated heterocycles. The molecular weight excluding hydrogens is 302 g/mol. The van der Waals surface area contributed by atoms with Gasteiger partial charge in [0.2, 0.25) is 5.91 Å². The van der Waals surface area contributed by atoms with Crippen LogP contribution in [0.25, 0.3) is 10.9 Å². The van der Waals surface area contributed by atoms with Crippen LogP contribution < -0.4 is 5.32 Å². The molecule has 3 rings (SSSR count). The molecule has 2 heterocycles. The molecule has 5 nitrogen and oxygen atoms in total. The van der Waals surface area contributed by atoms with E-state index < -0.39 is 0 Å². The van der Waals surface area contributed by atoms with Gasteiger partial charge in [-0.25, -0.2) is 0 Å². The van der Waals surface area contributed by atoms with Gasteiger partial charge in [-0.2, -0.15) is 0 Å². The topological polar surface area (TPSA) is 62.3 Å². The number of carbonyl (C=O) groups excluding carboxylic acids is 2. The van der Waals surface area contributed by atoms with E-state index in [1.165, 1.54) is 0 Å². The van der Waals surface area contributed by atoms with E-state index in [9.17, 15) is 9.59 Å². The minimum absolute atomic E-state index is 0.0113. The number of piperidine rings is 1. The minimum atomic E-state index is 0.0113. The quantitative estimate of drug-likeness (QED) is 0.922. The molecule has 1 N–H and O–H groups in total. The zero-order valence-electron chi connectivity index (χ0n) is 14.4. The highest BCUT2D eigenvalue weighted by atomic mass is 16.2. The van der Waals surface area contributed by atoms with Gasteiger partial charge in [0.15, 0.2) is 0 Å². The van der Waals surface area contributed by atoms with Gasteiger partial charge in [0, 0.05) is 37.1 Å². The summed E-state index contributed by atoms with van der Waals surface area (Å²) in [5.74, 6) is 0.117. The second-order valence-corrected chi connectivity index (χ2v) is 6.51. The summed E-state index contributed by atoms with van der Waals surface area (Å²) in [6, 6.07) is 7.87. The number of nitrogens with one attached hydrogen (secondary N) is 1. The van der Waals surface area contributed by atoms with Crippen molar-refractivity contribution in [2.45, 2.75) is 26.7 Å². The normalized spacial score (nSPS) is 15.5.